The number of para-hydroxylation sites is 1. The van der Waals surface area contributed by atoms with Gasteiger partial charge in [0, 0.05) is 5.69 Å². The van der Waals surface area contributed by atoms with E-state index in [9.17, 15) is 14.3 Å². The topological polar surface area (TPSA) is 49.3 Å². The molecule has 2 N–H and O–H groups in total. The number of halogens is 2. The predicted molar refractivity (Wildman–Crippen MR) is 70.2 cm³/mol. The molecule has 0 aliphatic carbocycles. The fourth-order valence-electron chi connectivity index (χ4n) is 1.44. The van der Waals surface area contributed by atoms with E-state index in [0.717, 1.165) is 0 Å². The van der Waals surface area contributed by atoms with Crippen LogP contribution in [0.2, 0.25) is 0 Å². The van der Waals surface area contributed by atoms with Gasteiger partial charge in [0.15, 0.2) is 0 Å². The van der Waals surface area contributed by atoms with Crippen molar-refractivity contribution in [1.82, 2.24) is 0 Å². The van der Waals surface area contributed by atoms with Crippen molar-refractivity contribution in [2.75, 3.05) is 5.32 Å². The first-order chi connectivity index (χ1) is 8.58. The summed E-state index contributed by atoms with van der Waals surface area (Å²) in [6, 6.07) is 10.4. The molecule has 5 heteroatoms. The highest BCUT2D eigenvalue weighted by molar-refractivity contribution is 9.10. The van der Waals surface area contributed by atoms with Gasteiger partial charge in [0.1, 0.15) is 11.6 Å². The number of aromatic hydroxyl groups is 1. The zero-order valence-corrected chi connectivity index (χ0v) is 10.7. The molecule has 0 saturated carbocycles. The lowest BCUT2D eigenvalue weighted by molar-refractivity contribution is 0.102. The van der Waals surface area contributed by atoms with Crippen LogP contribution >= 0.6 is 15.9 Å². The van der Waals surface area contributed by atoms with Crippen molar-refractivity contribution in [3.05, 3.63) is 58.3 Å². The van der Waals surface area contributed by atoms with Crippen molar-refractivity contribution in [2.45, 2.75) is 0 Å². The summed E-state index contributed by atoms with van der Waals surface area (Å²) in [5.41, 5.74) is 0.463. The number of hydrogen-bond acceptors (Lipinski definition) is 2. The van der Waals surface area contributed by atoms with E-state index in [0.29, 0.717) is 10.2 Å². The molecule has 0 spiro atoms. The number of phenols is 1. The van der Waals surface area contributed by atoms with Gasteiger partial charge in [-0.25, -0.2) is 4.39 Å². The molecule has 0 fully saturated rings. The first kappa shape index (κ1) is 12.6. The highest BCUT2D eigenvalue weighted by Crippen LogP contribution is 2.21. The average Bonchev–Trinajstić information content (AvgIpc) is 2.34. The molecule has 2 aromatic rings. The average molecular weight is 310 g/mol. The van der Waals surface area contributed by atoms with Gasteiger partial charge in [-0.05, 0) is 46.3 Å². The Bertz CT molecular complexity index is 601. The number of phenolic OH excluding ortho intramolecular Hbond substituents is 1. The molecule has 92 valence electrons. The van der Waals surface area contributed by atoms with Crippen molar-refractivity contribution < 1.29 is 14.3 Å². The molecule has 0 unspecified atom stereocenters. The number of carbonyl (C=O) groups excluding carboxylic acids is 1. The second kappa shape index (κ2) is 5.18. The van der Waals surface area contributed by atoms with Crippen molar-refractivity contribution in [2.24, 2.45) is 0 Å². The maximum absolute atomic E-state index is 13.3. The molecule has 0 heterocycles. The summed E-state index contributed by atoms with van der Waals surface area (Å²) in [5.74, 6) is -1.08. The Kier molecular flexibility index (Phi) is 3.62. The monoisotopic (exact) mass is 309 g/mol. The van der Waals surface area contributed by atoms with Gasteiger partial charge in [0.25, 0.3) is 5.91 Å². The van der Waals surface area contributed by atoms with Crippen molar-refractivity contribution >= 4 is 27.5 Å². The first-order valence-electron chi connectivity index (χ1n) is 5.12. The fourth-order valence-corrected chi connectivity index (χ4v) is 1.68. The van der Waals surface area contributed by atoms with Crippen LogP contribution in [-0.2, 0) is 0 Å². The number of rotatable bonds is 2. The number of hydrogen-bond donors (Lipinski definition) is 2. The van der Waals surface area contributed by atoms with Crippen molar-refractivity contribution in [3.63, 3.8) is 0 Å². The van der Waals surface area contributed by atoms with Crippen molar-refractivity contribution in [1.29, 1.82) is 0 Å². The second-order valence-corrected chi connectivity index (χ2v) is 4.45. The summed E-state index contributed by atoms with van der Waals surface area (Å²) in [4.78, 5) is 11.8. The molecule has 0 saturated heterocycles. The Labute approximate surface area is 111 Å². The van der Waals surface area contributed by atoms with Gasteiger partial charge in [-0.15, -0.1) is 0 Å². The number of nitrogens with one attached hydrogen (secondary N) is 1. The molecular weight excluding hydrogens is 301 g/mol. The summed E-state index contributed by atoms with van der Waals surface area (Å²) in [7, 11) is 0. The number of amides is 1. The van der Waals surface area contributed by atoms with E-state index in [1.807, 2.05) is 0 Å². The fraction of sp³-hybridized carbons (Fsp3) is 0. The van der Waals surface area contributed by atoms with Gasteiger partial charge in [0.05, 0.1) is 10.0 Å². The third kappa shape index (κ3) is 2.68. The summed E-state index contributed by atoms with van der Waals surface area (Å²) < 4.78 is 13.6. The molecule has 3 nitrogen and oxygen atoms in total. The van der Waals surface area contributed by atoms with Gasteiger partial charge < -0.3 is 10.4 Å². The third-order valence-corrected chi connectivity index (χ3v) is 2.97. The van der Waals surface area contributed by atoms with Crippen LogP contribution in [0.3, 0.4) is 0 Å². The molecule has 2 rings (SSSR count). The SMILES string of the molecule is O=C(Nc1ccc(Br)c(F)c1)c1ccccc1O. The van der Waals surface area contributed by atoms with Crippen molar-refractivity contribution in [3.8, 4) is 5.75 Å². The second-order valence-electron chi connectivity index (χ2n) is 3.60. The van der Waals surface area contributed by atoms with Crippen LogP contribution in [0.4, 0.5) is 10.1 Å². The number of anilines is 1. The van der Waals surface area contributed by atoms with E-state index in [4.69, 9.17) is 0 Å². The van der Waals surface area contributed by atoms with Crippen LogP contribution in [0.25, 0.3) is 0 Å². The minimum absolute atomic E-state index is 0.118. The van der Waals surface area contributed by atoms with Gasteiger partial charge in [-0.1, -0.05) is 12.1 Å². The molecule has 2 aromatic carbocycles. The Morgan fingerprint density at radius 2 is 1.94 bits per heavy atom. The van der Waals surface area contributed by atoms with E-state index in [1.54, 1.807) is 18.2 Å². The van der Waals surface area contributed by atoms with E-state index < -0.39 is 11.7 Å². The lowest BCUT2D eigenvalue weighted by Gasteiger charge is -2.07. The van der Waals surface area contributed by atoms with Crippen LogP contribution in [0, 0.1) is 5.82 Å². The molecule has 0 aromatic heterocycles. The zero-order chi connectivity index (χ0) is 13.1. The van der Waals surface area contributed by atoms with Crippen LogP contribution in [0.15, 0.2) is 46.9 Å². The summed E-state index contributed by atoms with van der Waals surface area (Å²) >= 11 is 3.02. The van der Waals surface area contributed by atoms with Gasteiger partial charge in [-0.3, -0.25) is 4.79 Å². The summed E-state index contributed by atoms with van der Waals surface area (Å²) in [6.45, 7) is 0. The molecule has 0 bridgehead atoms. The van der Waals surface area contributed by atoms with Crippen LogP contribution in [0.5, 0.6) is 5.75 Å². The van der Waals surface area contributed by atoms with Gasteiger partial charge in [0.2, 0.25) is 0 Å². The summed E-state index contributed by atoms with van der Waals surface area (Å²) in [5, 5.41) is 12.0. The lowest BCUT2D eigenvalue weighted by atomic mass is 10.2. The van der Waals surface area contributed by atoms with E-state index in [-0.39, 0.29) is 11.3 Å². The van der Waals surface area contributed by atoms with Gasteiger partial charge >= 0.3 is 0 Å². The first-order valence-corrected chi connectivity index (χ1v) is 5.91. The number of benzene rings is 2. The molecule has 0 radical (unpaired) electrons. The Hall–Kier alpha value is -1.88. The molecule has 0 atom stereocenters. The zero-order valence-electron chi connectivity index (χ0n) is 9.15. The highest BCUT2D eigenvalue weighted by Gasteiger charge is 2.11. The van der Waals surface area contributed by atoms with E-state index >= 15 is 0 Å². The standard InChI is InChI=1S/C13H9BrFNO2/c14-10-6-5-8(7-11(10)15)16-13(18)9-3-1-2-4-12(9)17/h1-7,17H,(H,16,18). The Balaban J connectivity index is 2.22. The van der Waals surface area contributed by atoms with Crippen LogP contribution in [0.1, 0.15) is 10.4 Å². The van der Waals surface area contributed by atoms with Crippen LogP contribution in [-0.4, -0.2) is 11.0 Å². The summed E-state index contributed by atoms with van der Waals surface area (Å²) in [6.07, 6.45) is 0. The molecule has 1 amide bonds. The third-order valence-electron chi connectivity index (χ3n) is 2.33. The van der Waals surface area contributed by atoms with Crippen LogP contribution < -0.4 is 5.32 Å². The number of carbonyl (C=O) groups is 1. The molecule has 0 aliphatic rings. The largest absolute Gasteiger partial charge is 0.507 e. The Morgan fingerprint density at radius 3 is 2.61 bits per heavy atom. The maximum atomic E-state index is 13.3. The molecular formula is C13H9BrFNO2. The Morgan fingerprint density at radius 1 is 1.22 bits per heavy atom. The molecule has 18 heavy (non-hydrogen) atoms. The normalized spacial score (nSPS) is 10.1. The predicted octanol–water partition coefficient (Wildman–Crippen LogP) is 3.55. The van der Waals surface area contributed by atoms with E-state index in [2.05, 4.69) is 21.2 Å². The maximum Gasteiger partial charge on any atom is 0.259 e. The van der Waals surface area contributed by atoms with E-state index in [1.165, 1.54) is 24.3 Å². The molecule has 0 aliphatic heterocycles. The smallest absolute Gasteiger partial charge is 0.259 e. The highest BCUT2D eigenvalue weighted by atomic mass is 79.9. The quantitative estimate of drug-likeness (QED) is 0.891. The van der Waals surface area contributed by atoms with Gasteiger partial charge in [-0.2, -0.15) is 0 Å². The minimum Gasteiger partial charge on any atom is -0.507 e. The lowest BCUT2D eigenvalue weighted by Crippen LogP contribution is -2.12. The minimum atomic E-state index is -0.491.